The molecule has 92 valence electrons. The average molecular weight is 234 g/mol. The zero-order valence-corrected chi connectivity index (χ0v) is 10.0. The second-order valence-electron chi connectivity index (χ2n) is 3.83. The first-order valence-electron chi connectivity index (χ1n) is 5.83. The lowest BCUT2D eigenvalue weighted by molar-refractivity contribution is 0.0953. The maximum Gasteiger partial charge on any atom is 0.251 e. The van der Waals surface area contributed by atoms with Gasteiger partial charge in [-0.05, 0) is 24.1 Å². The van der Waals surface area contributed by atoms with Gasteiger partial charge in [-0.3, -0.25) is 4.79 Å². The van der Waals surface area contributed by atoms with Crippen LogP contribution in [0.1, 0.15) is 42.1 Å². The monoisotopic (exact) mass is 234 g/mol. The largest absolute Gasteiger partial charge is 0.411 e. The van der Waals surface area contributed by atoms with Crippen molar-refractivity contribution in [1.29, 1.82) is 0 Å². The molecule has 0 saturated carbocycles. The highest BCUT2D eigenvalue weighted by Crippen LogP contribution is 2.02. The van der Waals surface area contributed by atoms with E-state index in [2.05, 4.69) is 17.4 Å². The van der Waals surface area contributed by atoms with Crippen LogP contribution in [0.3, 0.4) is 0 Å². The number of carbonyl (C=O) groups is 1. The number of amides is 1. The van der Waals surface area contributed by atoms with Gasteiger partial charge in [-0.15, -0.1) is 0 Å². The minimum absolute atomic E-state index is 0.0615. The summed E-state index contributed by atoms with van der Waals surface area (Å²) in [4.78, 5) is 11.7. The quantitative estimate of drug-likeness (QED) is 0.343. The summed E-state index contributed by atoms with van der Waals surface area (Å²) in [5, 5.41) is 14.1. The molecule has 0 saturated heterocycles. The van der Waals surface area contributed by atoms with E-state index in [1.807, 2.05) is 0 Å². The Morgan fingerprint density at radius 2 is 2.06 bits per heavy atom. The average Bonchev–Trinajstić information content (AvgIpc) is 2.36. The van der Waals surface area contributed by atoms with E-state index < -0.39 is 0 Å². The van der Waals surface area contributed by atoms with Crippen molar-refractivity contribution < 1.29 is 10.0 Å². The summed E-state index contributed by atoms with van der Waals surface area (Å²) in [5.74, 6) is -0.0615. The zero-order valence-electron chi connectivity index (χ0n) is 10.0. The Kier molecular flexibility index (Phi) is 5.79. The molecular formula is C13H18N2O2. The minimum atomic E-state index is -0.0615. The van der Waals surface area contributed by atoms with Crippen LogP contribution in [0.2, 0.25) is 0 Å². The molecule has 1 amide bonds. The van der Waals surface area contributed by atoms with E-state index >= 15 is 0 Å². The smallest absolute Gasteiger partial charge is 0.251 e. The lowest BCUT2D eigenvalue weighted by Gasteiger charge is -2.04. The highest BCUT2D eigenvalue weighted by atomic mass is 16.4. The predicted molar refractivity (Wildman–Crippen MR) is 67.7 cm³/mol. The van der Waals surface area contributed by atoms with Crippen LogP contribution >= 0.6 is 0 Å². The minimum Gasteiger partial charge on any atom is -0.411 e. The second kappa shape index (κ2) is 7.44. The molecule has 17 heavy (non-hydrogen) atoms. The van der Waals surface area contributed by atoms with E-state index in [9.17, 15) is 4.79 Å². The number of hydrogen-bond acceptors (Lipinski definition) is 3. The Morgan fingerprint density at radius 1 is 1.35 bits per heavy atom. The zero-order chi connectivity index (χ0) is 12.5. The van der Waals surface area contributed by atoms with Crippen molar-refractivity contribution in [3.8, 4) is 0 Å². The predicted octanol–water partition coefficient (Wildman–Crippen LogP) is 2.41. The fraction of sp³-hybridized carbons (Fsp3) is 0.385. The number of unbranched alkanes of at least 4 members (excludes halogenated alkanes) is 2. The molecule has 0 radical (unpaired) electrons. The van der Waals surface area contributed by atoms with Crippen molar-refractivity contribution in [2.24, 2.45) is 5.16 Å². The lowest BCUT2D eigenvalue weighted by atomic mass is 10.1. The van der Waals surface area contributed by atoms with Crippen molar-refractivity contribution in [1.82, 2.24) is 5.32 Å². The topological polar surface area (TPSA) is 61.7 Å². The molecule has 0 bridgehead atoms. The van der Waals surface area contributed by atoms with Crippen molar-refractivity contribution in [2.75, 3.05) is 6.54 Å². The van der Waals surface area contributed by atoms with Crippen molar-refractivity contribution in [2.45, 2.75) is 26.2 Å². The molecule has 0 unspecified atom stereocenters. The first-order chi connectivity index (χ1) is 8.27. The highest BCUT2D eigenvalue weighted by molar-refractivity contribution is 5.94. The van der Waals surface area contributed by atoms with E-state index in [0.717, 1.165) is 24.8 Å². The molecular weight excluding hydrogens is 216 g/mol. The summed E-state index contributed by atoms with van der Waals surface area (Å²) in [6, 6.07) is 6.90. The van der Waals surface area contributed by atoms with Crippen LogP contribution in [0.15, 0.2) is 29.4 Å². The molecule has 0 aromatic heterocycles. The van der Waals surface area contributed by atoms with Gasteiger partial charge in [-0.1, -0.05) is 37.1 Å². The second-order valence-corrected chi connectivity index (χ2v) is 3.83. The van der Waals surface area contributed by atoms with E-state index in [1.54, 1.807) is 24.3 Å². The Bertz CT molecular complexity index is 372. The summed E-state index contributed by atoms with van der Waals surface area (Å²) in [6.45, 7) is 2.84. The highest BCUT2D eigenvalue weighted by Gasteiger charge is 2.03. The van der Waals surface area contributed by atoms with Gasteiger partial charge in [0.2, 0.25) is 0 Å². The van der Waals surface area contributed by atoms with Crippen LogP contribution in [0.5, 0.6) is 0 Å². The SMILES string of the molecule is CCCCCNC(=O)c1ccc(/C=N/O)cc1. The van der Waals surface area contributed by atoms with E-state index in [-0.39, 0.29) is 5.91 Å². The standard InChI is InChI=1S/C13H18N2O2/c1-2-3-4-9-14-13(16)12-7-5-11(6-8-12)10-15-17/h5-8,10,17H,2-4,9H2,1H3,(H,14,16)/b15-10+. The molecule has 2 N–H and O–H groups in total. The van der Waals surface area contributed by atoms with Crippen LogP contribution in [0.4, 0.5) is 0 Å². The Hall–Kier alpha value is -1.84. The maximum atomic E-state index is 11.7. The molecule has 0 aliphatic heterocycles. The van der Waals surface area contributed by atoms with Gasteiger partial charge in [0.1, 0.15) is 0 Å². The third-order valence-corrected chi connectivity index (χ3v) is 2.45. The van der Waals surface area contributed by atoms with Crippen LogP contribution in [-0.4, -0.2) is 23.9 Å². The molecule has 0 spiro atoms. The first kappa shape index (κ1) is 13.2. The van der Waals surface area contributed by atoms with E-state index in [0.29, 0.717) is 12.1 Å². The summed E-state index contributed by atoms with van der Waals surface area (Å²) in [7, 11) is 0. The summed E-state index contributed by atoms with van der Waals surface area (Å²) in [5.41, 5.74) is 1.38. The molecule has 4 heteroatoms. The van der Waals surface area contributed by atoms with Gasteiger partial charge < -0.3 is 10.5 Å². The summed E-state index contributed by atoms with van der Waals surface area (Å²) in [6.07, 6.45) is 4.61. The number of rotatable bonds is 6. The van der Waals surface area contributed by atoms with Gasteiger partial charge in [-0.25, -0.2) is 0 Å². The molecule has 4 nitrogen and oxygen atoms in total. The molecule has 0 fully saturated rings. The number of carbonyl (C=O) groups excluding carboxylic acids is 1. The number of nitrogens with zero attached hydrogens (tertiary/aromatic N) is 1. The van der Waals surface area contributed by atoms with Gasteiger partial charge in [0.05, 0.1) is 6.21 Å². The fourth-order valence-electron chi connectivity index (χ4n) is 1.47. The number of hydrogen-bond donors (Lipinski definition) is 2. The molecule has 0 aliphatic rings. The molecule has 1 aromatic rings. The molecule has 1 rings (SSSR count). The number of benzene rings is 1. The third-order valence-electron chi connectivity index (χ3n) is 2.45. The van der Waals surface area contributed by atoms with Crippen LogP contribution in [0, 0.1) is 0 Å². The summed E-state index contributed by atoms with van der Waals surface area (Å²) < 4.78 is 0. The van der Waals surface area contributed by atoms with Gasteiger partial charge in [-0.2, -0.15) is 0 Å². The Morgan fingerprint density at radius 3 is 2.65 bits per heavy atom. The normalized spacial score (nSPS) is 10.6. The van der Waals surface area contributed by atoms with Crippen molar-refractivity contribution in [3.63, 3.8) is 0 Å². The summed E-state index contributed by atoms with van der Waals surface area (Å²) >= 11 is 0. The Labute approximate surface area is 101 Å². The maximum absolute atomic E-state index is 11.7. The number of oxime groups is 1. The van der Waals surface area contributed by atoms with E-state index in [1.165, 1.54) is 6.21 Å². The lowest BCUT2D eigenvalue weighted by Crippen LogP contribution is -2.24. The van der Waals surface area contributed by atoms with Crippen molar-refractivity contribution >= 4 is 12.1 Å². The van der Waals surface area contributed by atoms with Crippen LogP contribution < -0.4 is 5.32 Å². The van der Waals surface area contributed by atoms with Gasteiger partial charge in [0, 0.05) is 12.1 Å². The van der Waals surface area contributed by atoms with Gasteiger partial charge in [0.15, 0.2) is 0 Å². The van der Waals surface area contributed by atoms with Crippen LogP contribution in [-0.2, 0) is 0 Å². The molecule has 0 heterocycles. The molecule has 0 aliphatic carbocycles. The molecule has 1 aromatic carbocycles. The van der Waals surface area contributed by atoms with Gasteiger partial charge >= 0.3 is 0 Å². The van der Waals surface area contributed by atoms with Crippen LogP contribution in [0.25, 0.3) is 0 Å². The fourth-order valence-corrected chi connectivity index (χ4v) is 1.47. The third kappa shape index (κ3) is 4.68. The Balaban J connectivity index is 2.46. The molecule has 0 atom stereocenters. The van der Waals surface area contributed by atoms with Gasteiger partial charge in [0.25, 0.3) is 5.91 Å². The first-order valence-corrected chi connectivity index (χ1v) is 5.83. The van der Waals surface area contributed by atoms with E-state index in [4.69, 9.17) is 5.21 Å². The number of nitrogens with one attached hydrogen (secondary N) is 1. The van der Waals surface area contributed by atoms with Crippen molar-refractivity contribution in [3.05, 3.63) is 35.4 Å².